The summed E-state index contributed by atoms with van der Waals surface area (Å²) in [6, 6.07) is 9.85. The van der Waals surface area contributed by atoms with E-state index in [1.54, 1.807) is 4.90 Å². The average molecular weight is 412 g/mol. The zero-order valence-corrected chi connectivity index (χ0v) is 18.5. The van der Waals surface area contributed by atoms with Crippen molar-refractivity contribution in [2.24, 2.45) is 0 Å². The summed E-state index contributed by atoms with van der Waals surface area (Å²) >= 11 is 0. The molecule has 0 saturated heterocycles. The second-order valence-electron chi connectivity index (χ2n) is 7.87. The third-order valence-corrected chi connectivity index (χ3v) is 5.59. The van der Waals surface area contributed by atoms with Gasteiger partial charge >= 0.3 is 0 Å². The lowest BCUT2D eigenvalue weighted by Gasteiger charge is -2.33. The Morgan fingerprint density at radius 1 is 1.27 bits per heavy atom. The molecule has 0 bridgehead atoms. The first-order valence-corrected chi connectivity index (χ1v) is 10.9. The number of aromatic nitrogens is 2. The summed E-state index contributed by atoms with van der Waals surface area (Å²) in [5.74, 6) is 0.611. The number of aryl methyl sites for hydroxylation is 3. The molecule has 0 unspecified atom stereocenters. The summed E-state index contributed by atoms with van der Waals surface area (Å²) in [6.07, 6.45) is 1.78. The third kappa shape index (κ3) is 4.83. The van der Waals surface area contributed by atoms with Crippen molar-refractivity contribution >= 4 is 23.3 Å². The van der Waals surface area contributed by atoms with E-state index in [1.807, 2.05) is 24.6 Å². The van der Waals surface area contributed by atoms with Crippen molar-refractivity contribution in [1.82, 2.24) is 15.1 Å². The number of benzene rings is 1. The van der Waals surface area contributed by atoms with Crippen molar-refractivity contribution < 1.29 is 9.59 Å². The highest BCUT2D eigenvalue weighted by Gasteiger charge is 2.34. The smallest absolute Gasteiger partial charge is 0.243 e. The second kappa shape index (κ2) is 9.78. The molecular formula is C23H33N5O2. The molecule has 30 heavy (non-hydrogen) atoms. The fraction of sp³-hybridized carbons (Fsp3) is 0.522. The first kappa shape index (κ1) is 21.9. The van der Waals surface area contributed by atoms with Crippen LogP contribution in [0.3, 0.4) is 0 Å². The van der Waals surface area contributed by atoms with Crippen LogP contribution in [0.15, 0.2) is 30.3 Å². The standard InChI is InChI=1S/C23H33N5O2/c1-5-20(28-21-16-18(4)25-27(21)14-11-22(28)29)23(30)24-12-8-13-26(6-2)19-10-7-9-17(3)15-19/h7,9-10,15-16,20H,5-6,8,11-14H2,1-4H3,(H,24,30)/t20-/m1/s1. The van der Waals surface area contributed by atoms with Crippen molar-refractivity contribution in [3.8, 4) is 0 Å². The molecule has 162 valence electrons. The van der Waals surface area contributed by atoms with Crippen molar-refractivity contribution in [3.63, 3.8) is 0 Å². The van der Waals surface area contributed by atoms with E-state index in [4.69, 9.17) is 0 Å². The largest absolute Gasteiger partial charge is 0.372 e. The molecule has 0 spiro atoms. The number of carbonyl (C=O) groups excluding carboxylic acids is 2. The van der Waals surface area contributed by atoms with Gasteiger partial charge in [0.2, 0.25) is 11.8 Å². The zero-order valence-electron chi connectivity index (χ0n) is 18.5. The maximum Gasteiger partial charge on any atom is 0.243 e. The normalized spacial score (nSPS) is 14.4. The van der Waals surface area contributed by atoms with Crippen LogP contribution in [-0.2, 0) is 16.1 Å². The summed E-state index contributed by atoms with van der Waals surface area (Å²) in [5, 5.41) is 7.48. The molecule has 7 nitrogen and oxygen atoms in total. The van der Waals surface area contributed by atoms with Crippen LogP contribution in [0, 0.1) is 13.8 Å². The molecule has 3 rings (SSSR count). The third-order valence-electron chi connectivity index (χ3n) is 5.59. The lowest BCUT2D eigenvalue weighted by molar-refractivity contribution is -0.127. The fourth-order valence-electron chi connectivity index (χ4n) is 4.05. The Kier molecular flexibility index (Phi) is 7.13. The topological polar surface area (TPSA) is 70.5 Å². The van der Waals surface area contributed by atoms with Crippen molar-refractivity contribution in [3.05, 3.63) is 41.6 Å². The highest BCUT2D eigenvalue weighted by molar-refractivity contribution is 6.00. The molecule has 7 heteroatoms. The maximum absolute atomic E-state index is 12.9. The van der Waals surface area contributed by atoms with E-state index in [1.165, 1.54) is 11.3 Å². The quantitative estimate of drug-likeness (QED) is 0.644. The van der Waals surface area contributed by atoms with E-state index in [0.717, 1.165) is 31.0 Å². The number of fused-ring (bicyclic) bond motifs is 1. The zero-order chi connectivity index (χ0) is 21.7. The highest BCUT2D eigenvalue weighted by Crippen LogP contribution is 2.26. The SMILES string of the molecule is CC[C@H](C(=O)NCCCN(CC)c1cccc(C)c1)N1C(=O)CCn2nc(C)cc21. The van der Waals surface area contributed by atoms with Gasteiger partial charge in [0.25, 0.3) is 0 Å². The summed E-state index contributed by atoms with van der Waals surface area (Å²) in [6.45, 7) is 11.0. The minimum atomic E-state index is -0.508. The van der Waals surface area contributed by atoms with E-state index in [2.05, 4.69) is 53.4 Å². The Hall–Kier alpha value is -2.83. The van der Waals surface area contributed by atoms with Crippen LogP contribution in [-0.4, -0.2) is 47.3 Å². The number of nitrogens with one attached hydrogen (secondary N) is 1. The van der Waals surface area contributed by atoms with Gasteiger partial charge in [-0.2, -0.15) is 5.10 Å². The van der Waals surface area contributed by atoms with Crippen molar-refractivity contribution in [2.45, 2.75) is 59.5 Å². The number of carbonyl (C=O) groups is 2. The Bertz CT molecular complexity index is 891. The Labute approximate surface area is 179 Å². The maximum atomic E-state index is 12.9. The summed E-state index contributed by atoms with van der Waals surface area (Å²) in [4.78, 5) is 29.5. The monoisotopic (exact) mass is 411 g/mol. The summed E-state index contributed by atoms with van der Waals surface area (Å²) in [7, 11) is 0. The number of amides is 2. The van der Waals surface area contributed by atoms with Gasteiger partial charge in [-0.05, 0) is 51.3 Å². The molecule has 2 amide bonds. The molecule has 1 aliphatic heterocycles. The van der Waals surface area contributed by atoms with Gasteiger partial charge in [0.15, 0.2) is 0 Å². The Balaban J connectivity index is 1.57. The molecule has 1 aliphatic rings. The van der Waals surface area contributed by atoms with E-state index >= 15 is 0 Å². The molecule has 2 heterocycles. The van der Waals surface area contributed by atoms with Crippen molar-refractivity contribution in [1.29, 1.82) is 0 Å². The van der Waals surface area contributed by atoms with Gasteiger partial charge in [-0.15, -0.1) is 0 Å². The van der Waals surface area contributed by atoms with E-state index in [0.29, 0.717) is 25.9 Å². The van der Waals surface area contributed by atoms with Crippen molar-refractivity contribution in [2.75, 3.05) is 29.4 Å². The van der Waals surface area contributed by atoms with E-state index in [-0.39, 0.29) is 11.8 Å². The minimum Gasteiger partial charge on any atom is -0.372 e. The fourth-order valence-corrected chi connectivity index (χ4v) is 4.05. The molecule has 0 aliphatic carbocycles. The molecular weight excluding hydrogens is 378 g/mol. The minimum absolute atomic E-state index is 0.0130. The number of hydrogen-bond acceptors (Lipinski definition) is 4. The molecule has 2 aromatic rings. The van der Waals surface area contributed by atoms with Crippen LogP contribution in [0.2, 0.25) is 0 Å². The lowest BCUT2D eigenvalue weighted by atomic mass is 10.1. The average Bonchev–Trinajstić information content (AvgIpc) is 3.10. The second-order valence-corrected chi connectivity index (χ2v) is 7.87. The molecule has 1 atom stereocenters. The van der Waals surface area contributed by atoms with Crippen LogP contribution >= 0.6 is 0 Å². The van der Waals surface area contributed by atoms with Gasteiger partial charge in [0, 0.05) is 37.8 Å². The number of nitrogens with zero attached hydrogens (tertiary/aromatic N) is 4. The molecule has 0 radical (unpaired) electrons. The molecule has 1 N–H and O–H groups in total. The first-order valence-electron chi connectivity index (χ1n) is 10.9. The van der Waals surface area contributed by atoms with E-state index in [9.17, 15) is 9.59 Å². The number of anilines is 2. The predicted octanol–water partition coefficient (Wildman–Crippen LogP) is 3.05. The van der Waals surface area contributed by atoms with Gasteiger partial charge in [0.05, 0.1) is 12.2 Å². The molecule has 1 aromatic carbocycles. The number of hydrogen-bond donors (Lipinski definition) is 1. The van der Waals surface area contributed by atoms with Crippen LogP contribution in [0.4, 0.5) is 11.5 Å². The number of rotatable bonds is 9. The predicted molar refractivity (Wildman–Crippen MR) is 120 cm³/mol. The van der Waals surface area contributed by atoms with Gasteiger partial charge < -0.3 is 10.2 Å². The first-order chi connectivity index (χ1) is 14.4. The van der Waals surface area contributed by atoms with Crippen LogP contribution in [0.5, 0.6) is 0 Å². The summed E-state index contributed by atoms with van der Waals surface area (Å²) in [5.41, 5.74) is 3.30. The molecule has 1 aromatic heterocycles. The summed E-state index contributed by atoms with van der Waals surface area (Å²) < 4.78 is 1.83. The van der Waals surface area contributed by atoms with Gasteiger partial charge in [-0.3, -0.25) is 14.5 Å². The van der Waals surface area contributed by atoms with Crippen LogP contribution in [0.25, 0.3) is 0 Å². The highest BCUT2D eigenvalue weighted by atomic mass is 16.2. The Morgan fingerprint density at radius 3 is 2.77 bits per heavy atom. The van der Waals surface area contributed by atoms with Crippen LogP contribution < -0.4 is 15.1 Å². The lowest BCUT2D eigenvalue weighted by Crippen LogP contribution is -2.52. The van der Waals surface area contributed by atoms with Crippen LogP contribution in [0.1, 0.15) is 44.4 Å². The van der Waals surface area contributed by atoms with Gasteiger partial charge in [-0.25, -0.2) is 4.68 Å². The molecule has 0 saturated carbocycles. The van der Waals surface area contributed by atoms with Gasteiger partial charge in [0.1, 0.15) is 11.9 Å². The van der Waals surface area contributed by atoms with Gasteiger partial charge in [-0.1, -0.05) is 19.1 Å². The van der Waals surface area contributed by atoms with E-state index < -0.39 is 6.04 Å². The molecule has 0 fully saturated rings. The Morgan fingerprint density at radius 2 is 2.07 bits per heavy atom.